The van der Waals surface area contributed by atoms with E-state index in [-0.39, 0.29) is 6.10 Å². The van der Waals surface area contributed by atoms with Crippen LogP contribution in [0.2, 0.25) is 0 Å². The van der Waals surface area contributed by atoms with E-state index in [4.69, 9.17) is 4.74 Å². The summed E-state index contributed by atoms with van der Waals surface area (Å²) in [4.78, 5) is 20.6. The second kappa shape index (κ2) is 7.28. The second-order valence-electron chi connectivity index (χ2n) is 7.14. The van der Waals surface area contributed by atoms with Gasteiger partial charge in [-0.3, -0.25) is 4.98 Å². The van der Waals surface area contributed by atoms with E-state index in [9.17, 15) is 10.1 Å². The van der Waals surface area contributed by atoms with Crippen molar-refractivity contribution in [1.29, 1.82) is 5.26 Å². The predicted octanol–water partition coefficient (Wildman–Crippen LogP) is 4.04. The van der Waals surface area contributed by atoms with E-state index in [1.165, 1.54) is 0 Å². The lowest BCUT2D eigenvalue weighted by atomic mass is 10.1. The van der Waals surface area contributed by atoms with E-state index < -0.39 is 6.09 Å². The van der Waals surface area contributed by atoms with Gasteiger partial charge in [-0.15, -0.1) is 0 Å². The molecule has 1 aliphatic rings. The summed E-state index contributed by atoms with van der Waals surface area (Å²) in [6.45, 7) is 4.24. The number of nitrogens with zero attached hydrogens (tertiary/aromatic N) is 4. The van der Waals surface area contributed by atoms with Crippen molar-refractivity contribution in [2.75, 3.05) is 0 Å². The maximum Gasteiger partial charge on any atom is 0.433 e. The highest BCUT2D eigenvalue weighted by molar-refractivity contribution is 6.03. The monoisotopic (exact) mass is 372 g/mol. The molecule has 1 aromatic carbocycles. The number of rotatable bonds is 3. The van der Waals surface area contributed by atoms with E-state index in [0.29, 0.717) is 24.9 Å². The normalized spacial score (nSPS) is 14.4. The third kappa shape index (κ3) is 3.39. The fraction of sp³-hybridized carbons (Fsp3) is 0.273. The number of pyridine rings is 1. The number of aromatic nitrogens is 2. The van der Waals surface area contributed by atoms with Crippen molar-refractivity contribution >= 4 is 22.7 Å². The zero-order valence-electron chi connectivity index (χ0n) is 15.8. The zero-order valence-corrected chi connectivity index (χ0v) is 15.8. The first kappa shape index (κ1) is 17.9. The van der Waals surface area contributed by atoms with E-state index in [0.717, 1.165) is 33.6 Å². The predicted molar refractivity (Wildman–Crippen MR) is 106 cm³/mol. The fourth-order valence-electron chi connectivity index (χ4n) is 3.68. The lowest BCUT2D eigenvalue weighted by Crippen LogP contribution is -2.12. The minimum Gasteiger partial charge on any atom is -0.445 e. The highest BCUT2D eigenvalue weighted by Crippen LogP contribution is 2.33. The van der Waals surface area contributed by atoms with Crippen molar-refractivity contribution in [2.24, 2.45) is 4.99 Å². The van der Waals surface area contributed by atoms with Crippen molar-refractivity contribution in [2.45, 2.75) is 39.3 Å². The van der Waals surface area contributed by atoms with Crippen molar-refractivity contribution in [3.63, 3.8) is 0 Å². The Morgan fingerprint density at radius 2 is 2.18 bits per heavy atom. The van der Waals surface area contributed by atoms with E-state index in [1.54, 1.807) is 20.0 Å². The number of nitriles is 1. The minimum atomic E-state index is -0.548. The van der Waals surface area contributed by atoms with Gasteiger partial charge < -0.3 is 9.30 Å². The quantitative estimate of drug-likeness (QED) is 0.695. The molecule has 28 heavy (non-hydrogen) atoms. The summed E-state index contributed by atoms with van der Waals surface area (Å²) in [5, 5.41) is 10.3. The molecule has 0 N–H and O–H groups in total. The average molecular weight is 372 g/mol. The van der Waals surface area contributed by atoms with Gasteiger partial charge in [0.2, 0.25) is 0 Å². The summed E-state index contributed by atoms with van der Waals surface area (Å²) in [7, 11) is 0. The third-order valence-corrected chi connectivity index (χ3v) is 4.80. The number of carbonyl (C=O) groups excluding carboxylic acids is 1. The number of ether oxygens (including phenoxy) is 1. The molecule has 6 nitrogen and oxygen atoms in total. The summed E-state index contributed by atoms with van der Waals surface area (Å²) in [5.41, 5.74) is 5.67. The number of aliphatic imine (C=N–C) groups is 1. The van der Waals surface area contributed by atoms with Crippen LogP contribution in [0.15, 0.2) is 47.6 Å². The topological polar surface area (TPSA) is 80.3 Å². The number of hydrogen-bond acceptors (Lipinski definition) is 4. The molecule has 0 bridgehead atoms. The Morgan fingerprint density at radius 1 is 1.32 bits per heavy atom. The van der Waals surface area contributed by atoms with Gasteiger partial charge in [-0.05, 0) is 49.7 Å². The maximum absolute atomic E-state index is 12.0. The summed E-state index contributed by atoms with van der Waals surface area (Å²) in [6.07, 6.45) is 2.21. The highest BCUT2D eigenvalue weighted by Gasteiger charge is 2.27. The van der Waals surface area contributed by atoms with Crippen LogP contribution in [0, 0.1) is 11.3 Å². The second-order valence-corrected chi connectivity index (χ2v) is 7.14. The van der Waals surface area contributed by atoms with Gasteiger partial charge >= 0.3 is 6.09 Å². The summed E-state index contributed by atoms with van der Waals surface area (Å²) in [5.74, 6) is 0. The Morgan fingerprint density at radius 3 is 2.89 bits per heavy atom. The van der Waals surface area contributed by atoms with Crippen LogP contribution in [0.25, 0.3) is 10.9 Å². The molecule has 4 rings (SSSR count). The fourth-order valence-corrected chi connectivity index (χ4v) is 3.68. The first-order valence-electron chi connectivity index (χ1n) is 9.26. The SMILES string of the molecule is CC(C)OC(=O)/N=C1/Cc2c(n(Cc3ccccn3)c3ccc(C#N)cc23)C1. The standard InChI is InChI=1S/C22H20N4O2/c1-14(2)28-22(27)25-17-10-19-18-9-15(12-23)6-7-20(18)26(21(19)11-17)13-16-5-3-4-8-24-16/h3-9,14H,10-11,13H2,1-2H3/b25-17-. The van der Waals surface area contributed by atoms with Gasteiger partial charge in [-0.25, -0.2) is 4.79 Å². The minimum absolute atomic E-state index is 0.197. The molecule has 2 aromatic heterocycles. The molecule has 3 aromatic rings. The van der Waals surface area contributed by atoms with Gasteiger partial charge in [0, 0.05) is 41.3 Å². The molecule has 1 aliphatic carbocycles. The van der Waals surface area contributed by atoms with Gasteiger partial charge in [-0.2, -0.15) is 10.3 Å². The summed E-state index contributed by atoms with van der Waals surface area (Å²) < 4.78 is 7.36. The molecule has 0 aliphatic heterocycles. The smallest absolute Gasteiger partial charge is 0.433 e. The molecule has 2 heterocycles. The average Bonchev–Trinajstić information content (AvgIpc) is 3.19. The van der Waals surface area contributed by atoms with Crippen LogP contribution in [0.5, 0.6) is 0 Å². The Kier molecular flexibility index (Phi) is 4.66. The van der Waals surface area contributed by atoms with E-state index in [2.05, 4.69) is 20.6 Å². The van der Waals surface area contributed by atoms with Crippen LogP contribution >= 0.6 is 0 Å². The molecule has 0 fully saturated rings. The van der Waals surface area contributed by atoms with Crippen LogP contribution in [0.4, 0.5) is 4.79 Å². The largest absolute Gasteiger partial charge is 0.445 e. The molecule has 140 valence electrons. The van der Waals surface area contributed by atoms with Crippen LogP contribution in [-0.4, -0.2) is 27.5 Å². The van der Waals surface area contributed by atoms with Crippen molar-refractivity contribution < 1.29 is 9.53 Å². The van der Waals surface area contributed by atoms with Crippen molar-refractivity contribution in [3.05, 3.63) is 65.1 Å². The van der Waals surface area contributed by atoms with Gasteiger partial charge in [0.05, 0.1) is 30.0 Å². The maximum atomic E-state index is 12.0. The first-order chi connectivity index (χ1) is 13.5. The summed E-state index contributed by atoms with van der Waals surface area (Å²) >= 11 is 0. The van der Waals surface area contributed by atoms with E-state index in [1.807, 2.05) is 36.4 Å². The lowest BCUT2D eigenvalue weighted by molar-refractivity contribution is 0.126. The van der Waals surface area contributed by atoms with Crippen LogP contribution in [0.1, 0.15) is 36.4 Å². The number of benzene rings is 1. The molecule has 0 saturated carbocycles. The molecule has 0 radical (unpaired) electrons. The Labute approximate surface area is 163 Å². The molecule has 0 atom stereocenters. The van der Waals surface area contributed by atoms with Crippen LogP contribution in [0.3, 0.4) is 0 Å². The van der Waals surface area contributed by atoms with Crippen molar-refractivity contribution in [3.8, 4) is 6.07 Å². The molecular formula is C22H20N4O2. The number of fused-ring (bicyclic) bond motifs is 3. The Hall–Kier alpha value is -3.46. The number of carbonyl (C=O) groups is 1. The van der Waals surface area contributed by atoms with Gasteiger partial charge in [0.15, 0.2) is 0 Å². The molecule has 0 unspecified atom stereocenters. The van der Waals surface area contributed by atoms with Crippen LogP contribution < -0.4 is 0 Å². The highest BCUT2D eigenvalue weighted by atomic mass is 16.6. The van der Waals surface area contributed by atoms with Crippen LogP contribution in [-0.2, 0) is 24.1 Å². The molecule has 6 heteroatoms. The first-order valence-corrected chi connectivity index (χ1v) is 9.26. The Bertz CT molecular complexity index is 1120. The number of hydrogen-bond donors (Lipinski definition) is 0. The van der Waals surface area contributed by atoms with Gasteiger partial charge in [0.1, 0.15) is 0 Å². The van der Waals surface area contributed by atoms with Gasteiger partial charge in [0.25, 0.3) is 0 Å². The molecule has 0 saturated heterocycles. The van der Waals surface area contributed by atoms with Crippen molar-refractivity contribution in [1.82, 2.24) is 9.55 Å². The zero-order chi connectivity index (χ0) is 19.7. The Balaban J connectivity index is 1.77. The van der Waals surface area contributed by atoms with Gasteiger partial charge in [-0.1, -0.05) is 6.07 Å². The lowest BCUT2D eigenvalue weighted by Gasteiger charge is -2.09. The molecule has 0 spiro atoms. The summed E-state index contributed by atoms with van der Waals surface area (Å²) in [6, 6.07) is 13.8. The molecule has 1 amide bonds. The van der Waals surface area contributed by atoms with E-state index >= 15 is 0 Å². The third-order valence-electron chi connectivity index (χ3n) is 4.80. The number of amides is 1. The molecular weight excluding hydrogens is 352 g/mol.